The van der Waals surface area contributed by atoms with Crippen LogP contribution in [0.5, 0.6) is 0 Å². The van der Waals surface area contributed by atoms with Crippen LogP contribution >= 0.6 is 24.0 Å². The Labute approximate surface area is 152 Å². The molecule has 25 heavy (non-hydrogen) atoms. The number of hydrogen-bond acceptors (Lipinski definition) is 3. The van der Waals surface area contributed by atoms with Crippen LogP contribution in [0, 0.1) is 6.92 Å². The molecule has 128 valence electrons. The molecule has 2 nitrogen and oxygen atoms in total. The van der Waals surface area contributed by atoms with Gasteiger partial charge >= 0.3 is 6.18 Å². The van der Waals surface area contributed by atoms with Crippen molar-refractivity contribution in [1.29, 1.82) is 0 Å². The summed E-state index contributed by atoms with van der Waals surface area (Å²) in [6.07, 6.45) is -3.24. The predicted octanol–water partition coefficient (Wildman–Crippen LogP) is 5.42. The van der Waals surface area contributed by atoms with Gasteiger partial charge in [-0.1, -0.05) is 54.3 Å². The van der Waals surface area contributed by atoms with Gasteiger partial charge in [0.05, 0.1) is 16.2 Å². The Balaban J connectivity index is 2.00. The summed E-state index contributed by atoms with van der Waals surface area (Å²) in [6, 6.07) is 12.4. The normalized spacial score (nSPS) is 16.8. The minimum atomic E-state index is -4.49. The number of anilines is 1. The van der Waals surface area contributed by atoms with E-state index in [1.807, 2.05) is 13.0 Å². The summed E-state index contributed by atoms with van der Waals surface area (Å²) in [5.74, 6) is -0.419. The maximum Gasteiger partial charge on any atom is 0.416 e. The maximum absolute atomic E-state index is 13.1. The molecular formula is C18H12F3NOS2. The first-order valence-electron chi connectivity index (χ1n) is 7.28. The van der Waals surface area contributed by atoms with Crippen molar-refractivity contribution in [3.63, 3.8) is 0 Å². The number of hydrogen-bond donors (Lipinski definition) is 0. The van der Waals surface area contributed by atoms with E-state index in [-0.39, 0.29) is 10.5 Å². The summed E-state index contributed by atoms with van der Waals surface area (Å²) in [4.78, 5) is 14.2. The minimum absolute atomic E-state index is 0.0558. The number of thiocarbonyl (C=S) groups is 1. The molecule has 0 N–H and O–H groups in total. The van der Waals surface area contributed by atoms with Gasteiger partial charge < -0.3 is 0 Å². The summed E-state index contributed by atoms with van der Waals surface area (Å²) < 4.78 is 39.7. The number of benzene rings is 2. The summed E-state index contributed by atoms with van der Waals surface area (Å²) in [7, 11) is 0. The average Bonchev–Trinajstić information content (AvgIpc) is 2.81. The lowest BCUT2D eigenvalue weighted by Gasteiger charge is -2.15. The average molecular weight is 379 g/mol. The van der Waals surface area contributed by atoms with Gasteiger partial charge in [0.2, 0.25) is 0 Å². The van der Waals surface area contributed by atoms with Crippen LogP contribution in [-0.4, -0.2) is 10.2 Å². The molecule has 1 aliphatic heterocycles. The molecule has 2 aromatic carbocycles. The summed E-state index contributed by atoms with van der Waals surface area (Å²) in [5.41, 5.74) is 0.725. The summed E-state index contributed by atoms with van der Waals surface area (Å²) >= 11 is 6.25. The maximum atomic E-state index is 13.1. The molecule has 0 bridgehead atoms. The van der Waals surface area contributed by atoms with Crippen LogP contribution in [0.1, 0.15) is 16.7 Å². The number of carbonyl (C=O) groups excluding carboxylic acids is 1. The third kappa shape index (κ3) is 3.62. The number of thioether (sulfide) groups is 1. The van der Waals surface area contributed by atoms with Crippen molar-refractivity contribution in [2.45, 2.75) is 13.1 Å². The first kappa shape index (κ1) is 17.7. The Morgan fingerprint density at radius 2 is 1.84 bits per heavy atom. The van der Waals surface area contributed by atoms with E-state index in [0.717, 1.165) is 23.4 Å². The topological polar surface area (TPSA) is 20.3 Å². The number of alkyl halides is 3. The quantitative estimate of drug-likeness (QED) is 0.513. The van der Waals surface area contributed by atoms with E-state index >= 15 is 0 Å². The molecule has 3 rings (SSSR count). The number of nitrogens with zero attached hydrogens (tertiary/aromatic N) is 1. The summed E-state index contributed by atoms with van der Waals surface area (Å²) in [6.45, 7) is 1.89. The van der Waals surface area contributed by atoms with Gasteiger partial charge in [-0.3, -0.25) is 9.69 Å². The van der Waals surface area contributed by atoms with Gasteiger partial charge in [0.15, 0.2) is 4.32 Å². The number of halogens is 3. The SMILES string of the molecule is Cc1cccc(N2C(=O)/C(=C\c3ccccc3C(F)(F)F)SC2=S)c1. The van der Waals surface area contributed by atoms with Crippen molar-refractivity contribution in [2.75, 3.05) is 4.90 Å². The molecule has 1 saturated heterocycles. The Hall–Kier alpha value is -2.12. The highest BCUT2D eigenvalue weighted by Crippen LogP contribution is 2.38. The third-order valence-corrected chi connectivity index (χ3v) is 4.91. The summed E-state index contributed by atoms with van der Waals surface area (Å²) in [5, 5.41) is 0. The fourth-order valence-electron chi connectivity index (χ4n) is 2.48. The Morgan fingerprint density at radius 1 is 1.12 bits per heavy atom. The highest BCUT2D eigenvalue weighted by atomic mass is 32.2. The van der Waals surface area contributed by atoms with Crippen molar-refractivity contribution in [2.24, 2.45) is 0 Å². The highest BCUT2D eigenvalue weighted by molar-refractivity contribution is 8.27. The lowest BCUT2D eigenvalue weighted by molar-refractivity contribution is -0.137. The van der Waals surface area contributed by atoms with E-state index in [2.05, 4.69) is 0 Å². The van der Waals surface area contributed by atoms with Gasteiger partial charge in [-0.05, 0) is 42.3 Å². The molecule has 1 amide bonds. The Morgan fingerprint density at radius 3 is 2.52 bits per heavy atom. The number of aryl methyl sites for hydroxylation is 1. The third-order valence-electron chi connectivity index (χ3n) is 3.61. The van der Waals surface area contributed by atoms with Crippen molar-refractivity contribution in [3.8, 4) is 0 Å². The van der Waals surface area contributed by atoms with Gasteiger partial charge in [-0.25, -0.2) is 0 Å². The molecule has 0 atom stereocenters. The molecule has 0 aromatic heterocycles. The second kappa shape index (κ2) is 6.65. The first-order chi connectivity index (χ1) is 11.8. The van der Waals surface area contributed by atoms with Crippen LogP contribution in [0.4, 0.5) is 18.9 Å². The first-order valence-corrected chi connectivity index (χ1v) is 8.51. The minimum Gasteiger partial charge on any atom is -0.268 e. The van der Waals surface area contributed by atoms with Crippen LogP contribution in [0.3, 0.4) is 0 Å². The Bertz CT molecular complexity index is 890. The van der Waals surface area contributed by atoms with E-state index < -0.39 is 17.6 Å². The van der Waals surface area contributed by atoms with E-state index in [9.17, 15) is 18.0 Å². The molecule has 0 unspecified atom stereocenters. The molecule has 1 aliphatic rings. The van der Waals surface area contributed by atoms with Crippen LogP contribution in [0.25, 0.3) is 6.08 Å². The molecule has 1 heterocycles. The largest absolute Gasteiger partial charge is 0.416 e. The lowest BCUT2D eigenvalue weighted by atomic mass is 10.1. The molecule has 2 aromatic rings. The van der Waals surface area contributed by atoms with Crippen molar-refractivity contribution >= 4 is 46.0 Å². The van der Waals surface area contributed by atoms with Crippen LogP contribution in [0.15, 0.2) is 53.4 Å². The molecule has 0 saturated carbocycles. The van der Waals surface area contributed by atoms with Gasteiger partial charge in [-0.15, -0.1) is 0 Å². The number of carbonyl (C=O) groups is 1. The molecule has 7 heteroatoms. The molecule has 1 fully saturated rings. The second-order valence-electron chi connectivity index (χ2n) is 5.44. The monoisotopic (exact) mass is 379 g/mol. The fourth-order valence-corrected chi connectivity index (χ4v) is 3.77. The van der Waals surface area contributed by atoms with Crippen molar-refractivity contribution in [1.82, 2.24) is 0 Å². The van der Waals surface area contributed by atoms with Gasteiger partial charge in [0.25, 0.3) is 5.91 Å². The molecule has 0 radical (unpaired) electrons. The van der Waals surface area contributed by atoms with E-state index in [4.69, 9.17) is 12.2 Å². The second-order valence-corrected chi connectivity index (χ2v) is 7.12. The number of rotatable bonds is 2. The van der Waals surface area contributed by atoms with E-state index in [1.165, 1.54) is 29.2 Å². The lowest BCUT2D eigenvalue weighted by Crippen LogP contribution is -2.27. The smallest absolute Gasteiger partial charge is 0.268 e. The highest BCUT2D eigenvalue weighted by Gasteiger charge is 2.36. The molecule has 0 spiro atoms. The zero-order valence-corrected chi connectivity index (χ0v) is 14.6. The van der Waals surface area contributed by atoms with Crippen molar-refractivity contribution in [3.05, 3.63) is 70.1 Å². The zero-order chi connectivity index (χ0) is 18.2. The predicted molar refractivity (Wildman–Crippen MR) is 98.3 cm³/mol. The Kier molecular flexibility index (Phi) is 4.71. The van der Waals surface area contributed by atoms with E-state index in [1.54, 1.807) is 18.2 Å². The van der Waals surface area contributed by atoms with Gasteiger partial charge in [0, 0.05) is 0 Å². The van der Waals surface area contributed by atoms with Gasteiger partial charge in [0.1, 0.15) is 0 Å². The standard InChI is InChI=1S/C18H12F3NOS2/c1-11-5-4-7-13(9-11)22-16(23)15(25-17(22)24)10-12-6-2-3-8-14(12)18(19,20)21/h2-10H,1H3/b15-10+. The van der Waals surface area contributed by atoms with Crippen molar-refractivity contribution < 1.29 is 18.0 Å². The molecule has 0 aliphatic carbocycles. The number of amides is 1. The van der Waals surface area contributed by atoms with E-state index in [0.29, 0.717) is 10.0 Å². The van der Waals surface area contributed by atoms with Gasteiger partial charge in [-0.2, -0.15) is 13.2 Å². The zero-order valence-electron chi connectivity index (χ0n) is 13.0. The molecular weight excluding hydrogens is 367 g/mol. The van der Waals surface area contributed by atoms with Crippen LogP contribution < -0.4 is 4.90 Å². The van der Waals surface area contributed by atoms with Crippen LogP contribution in [0.2, 0.25) is 0 Å². The van der Waals surface area contributed by atoms with Crippen LogP contribution in [-0.2, 0) is 11.0 Å². The fraction of sp³-hybridized carbons (Fsp3) is 0.111.